The summed E-state index contributed by atoms with van der Waals surface area (Å²) in [6, 6.07) is 8.00. The number of rotatable bonds is 2. The Hall–Kier alpha value is -2.62. The van der Waals surface area contributed by atoms with Gasteiger partial charge in [0.15, 0.2) is 0 Å². The second-order valence-electron chi connectivity index (χ2n) is 5.06. The highest BCUT2D eigenvalue weighted by molar-refractivity contribution is 5.93. The molecule has 0 amide bonds. The van der Waals surface area contributed by atoms with E-state index in [1.807, 2.05) is 22.7 Å². The Morgan fingerprint density at radius 2 is 1.95 bits per heavy atom. The van der Waals surface area contributed by atoms with Crippen molar-refractivity contribution in [2.75, 3.05) is 7.11 Å². The number of hydrogen-bond acceptors (Lipinski definition) is 3. The predicted molar refractivity (Wildman–Crippen MR) is 81.4 cm³/mol. The molecule has 0 aliphatic rings. The number of benzene rings is 1. The van der Waals surface area contributed by atoms with Gasteiger partial charge < -0.3 is 9.14 Å². The molecule has 0 saturated heterocycles. The average molecular weight is 280 g/mol. The summed E-state index contributed by atoms with van der Waals surface area (Å²) in [5, 5.41) is 0. The van der Waals surface area contributed by atoms with E-state index >= 15 is 0 Å². The number of fused-ring (bicyclic) bond motifs is 1. The Labute approximate surface area is 123 Å². The molecule has 21 heavy (non-hydrogen) atoms. The zero-order chi connectivity index (χ0) is 15.0. The number of carbonyl (C=O) groups excluding carboxylic acids is 1. The number of hydrogen-bond donors (Lipinski definition) is 0. The second kappa shape index (κ2) is 5.05. The van der Waals surface area contributed by atoms with Crippen LogP contribution in [-0.2, 0) is 4.74 Å². The molecule has 0 aliphatic heterocycles. The SMILES string of the molecule is COC(=O)c1cc(-c2c(C)cccc2C)c2nccn2c1. The van der Waals surface area contributed by atoms with Crippen LogP contribution in [0.4, 0.5) is 0 Å². The molecule has 2 aromatic heterocycles. The molecule has 4 heteroatoms. The highest BCUT2D eigenvalue weighted by Crippen LogP contribution is 2.31. The van der Waals surface area contributed by atoms with Crippen LogP contribution in [0.25, 0.3) is 16.8 Å². The Balaban J connectivity index is 2.35. The molecule has 0 bridgehead atoms. The maximum absolute atomic E-state index is 11.9. The van der Waals surface area contributed by atoms with Crippen molar-refractivity contribution < 1.29 is 9.53 Å². The van der Waals surface area contributed by atoms with Crippen molar-refractivity contribution >= 4 is 11.6 Å². The molecule has 0 spiro atoms. The quantitative estimate of drug-likeness (QED) is 0.676. The van der Waals surface area contributed by atoms with Crippen LogP contribution in [0.2, 0.25) is 0 Å². The van der Waals surface area contributed by atoms with Crippen LogP contribution in [0.3, 0.4) is 0 Å². The minimum Gasteiger partial charge on any atom is -0.465 e. The summed E-state index contributed by atoms with van der Waals surface area (Å²) in [7, 11) is 1.39. The molecule has 0 aliphatic carbocycles. The van der Waals surface area contributed by atoms with Gasteiger partial charge in [-0.05, 0) is 36.6 Å². The topological polar surface area (TPSA) is 43.6 Å². The number of pyridine rings is 1. The Morgan fingerprint density at radius 3 is 2.62 bits per heavy atom. The van der Waals surface area contributed by atoms with E-state index in [9.17, 15) is 4.79 Å². The molecule has 106 valence electrons. The molecule has 4 nitrogen and oxygen atoms in total. The maximum atomic E-state index is 11.9. The molecular formula is C17H16N2O2. The number of methoxy groups -OCH3 is 1. The maximum Gasteiger partial charge on any atom is 0.339 e. The van der Waals surface area contributed by atoms with Gasteiger partial charge in [-0.15, -0.1) is 0 Å². The minimum absolute atomic E-state index is 0.349. The summed E-state index contributed by atoms with van der Waals surface area (Å²) in [4.78, 5) is 16.3. The predicted octanol–water partition coefficient (Wildman–Crippen LogP) is 3.40. The van der Waals surface area contributed by atoms with Crippen molar-refractivity contribution in [3.8, 4) is 11.1 Å². The summed E-state index contributed by atoms with van der Waals surface area (Å²) >= 11 is 0. The first kappa shape index (κ1) is 13.4. The van der Waals surface area contributed by atoms with Gasteiger partial charge in [-0.25, -0.2) is 9.78 Å². The van der Waals surface area contributed by atoms with Gasteiger partial charge in [-0.2, -0.15) is 0 Å². The van der Waals surface area contributed by atoms with E-state index < -0.39 is 0 Å². The highest BCUT2D eigenvalue weighted by atomic mass is 16.5. The van der Waals surface area contributed by atoms with Crippen LogP contribution >= 0.6 is 0 Å². The highest BCUT2D eigenvalue weighted by Gasteiger charge is 2.15. The number of esters is 1. The third-order valence-corrected chi connectivity index (χ3v) is 3.66. The molecule has 3 aromatic rings. The van der Waals surface area contributed by atoms with E-state index in [0.29, 0.717) is 5.56 Å². The first-order chi connectivity index (χ1) is 10.1. The van der Waals surface area contributed by atoms with Crippen LogP contribution in [0.15, 0.2) is 42.9 Å². The fourth-order valence-electron chi connectivity index (χ4n) is 2.69. The second-order valence-corrected chi connectivity index (χ2v) is 5.06. The molecule has 1 aromatic carbocycles. The third kappa shape index (κ3) is 2.18. The van der Waals surface area contributed by atoms with Crippen molar-refractivity contribution in [3.05, 3.63) is 59.5 Å². The molecule has 0 N–H and O–H groups in total. The normalized spacial score (nSPS) is 10.8. The molecular weight excluding hydrogens is 264 g/mol. The number of aryl methyl sites for hydroxylation is 2. The van der Waals surface area contributed by atoms with Crippen molar-refractivity contribution in [1.82, 2.24) is 9.38 Å². The van der Waals surface area contributed by atoms with Crippen LogP contribution in [0.5, 0.6) is 0 Å². The summed E-state index contributed by atoms with van der Waals surface area (Å²) in [5.41, 5.74) is 5.71. The third-order valence-electron chi connectivity index (χ3n) is 3.66. The number of carbonyl (C=O) groups is 1. The lowest BCUT2D eigenvalue weighted by molar-refractivity contribution is 0.0600. The van der Waals surface area contributed by atoms with Gasteiger partial charge in [0.1, 0.15) is 5.65 Å². The molecule has 0 radical (unpaired) electrons. The van der Waals surface area contributed by atoms with Gasteiger partial charge in [0.25, 0.3) is 0 Å². The van der Waals surface area contributed by atoms with Gasteiger partial charge in [0.2, 0.25) is 0 Å². The zero-order valence-electron chi connectivity index (χ0n) is 12.3. The van der Waals surface area contributed by atoms with E-state index in [2.05, 4.69) is 31.0 Å². The molecule has 0 saturated carbocycles. The fourth-order valence-corrected chi connectivity index (χ4v) is 2.69. The summed E-state index contributed by atoms with van der Waals surface area (Å²) < 4.78 is 6.70. The largest absolute Gasteiger partial charge is 0.465 e. The lowest BCUT2D eigenvalue weighted by Crippen LogP contribution is -2.04. The van der Waals surface area contributed by atoms with E-state index in [1.165, 1.54) is 7.11 Å². The lowest BCUT2D eigenvalue weighted by atomic mass is 9.95. The van der Waals surface area contributed by atoms with Crippen LogP contribution < -0.4 is 0 Å². The van der Waals surface area contributed by atoms with E-state index in [-0.39, 0.29) is 5.97 Å². The number of imidazole rings is 1. The van der Waals surface area contributed by atoms with Crippen molar-refractivity contribution in [1.29, 1.82) is 0 Å². The summed E-state index contributed by atoms with van der Waals surface area (Å²) in [6.45, 7) is 4.12. The van der Waals surface area contributed by atoms with Gasteiger partial charge >= 0.3 is 5.97 Å². The van der Waals surface area contributed by atoms with Crippen LogP contribution in [0.1, 0.15) is 21.5 Å². The van der Waals surface area contributed by atoms with E-state index in [1.54, 1.807) is 12.4 Å². The molecule has 3 rings (SSSR count). The Morgan fingerprint density at radius 1 is 1.24 bits per heavy atom. The molecule has 0 unspecified atom stereocenters. The van der Waals surface area contributed by atoms with Gasteiger partial charge in [-0.1, -0.05) is 18.2 Å². The number of nitrogens with zero attached hydrogens (tertiary/aromatic N) is 2. The van der Waals surface area contributed by atoms with E-state index in [4.69, 9.17) is 4.74 Å². The zero-order valence-corrected chi connectivity index (χ0v) is 12.3. The fraction of sp³-hybridized carbons (Fsp3) is 0.176. The first-order valence-electron chi connectivity index (χ1n) is 6.73. The molecule has 2 heterocycles. The average Bonchev–Trinajstić information content (AvgIpc) is 2.94. The first-order valence-corrected chi connectivity index (χ1v) is 6.73. The Bertz CT molecular complexity index is 814. The molecule has 0 atom stereocenters. The van der Waals surface area contributed by atoms with Crippen molar-refractivity contribution in [2.24, 2.45) is 0 Å². The van der Waals surface area contributed by atoms with Gasteiger partial charge in [0.05, 0.1) is 12.7 Å². The van der Waals surface area contributed by atoms with Crippen molar-refractivity contribution in [3.63, 3.8) is 0 Å². The number of aromatic nitrogens is 2. The number of ether oxygens (including phenoxy) is 1. The monoisotopic (exact) mass is 280 g/mol. The van der Waals surface area contributed by atoms with Crippen molar-refractivity contribution in [2.45, 2.75) is 13.8 Å². The van der Waals surface area contributed by atoms with Gasteiger partial charge in [-0.3, -0.25) is 0 Å². The standard InChI is InChI=1S/C17H16N2O2/c1-11-5-4-6-12(2)15(11)14-9-13(17(20)21-3)10-19-8-7-18-16(14)19/h4-10H,1-3H3. The van der Waals surface area contributed by atoms with Crippen LogP contribution in [0, 0.1) is 13.8 Å². The van der Waals surface area contributed by atoms with E-state index in [0.717, 1.165) is 27.9 Å². The summed E-state index contributed by atoms with van der Waals surface area (Å²) in [5.74, 6) is -0.349. The minimum atomic E-state index is -0.349. The Kier molecular flexibility index (Phi) is 3.22. The summed E-state index contributed by atoms with van der Waals surface area (Å²) in [6.07, 6.45) is 5.30. The smallest absolute Gasteiger partial charge is 0.339 e. The van der Waals surface area contributed by atoms with Crippen LogP contribution in [-0.4, -0.2) is 22.5 Å². The lowest BCUT2D eigenvalue weighted by Gasteiger charge is -2.12. The molecule has 0 fully saturated rings. The van der Waals surface area contributed by atoms with Gasteiger partial charge in [0, 0.05) is 24.2 Å².